The monoisotopic (exact) mass is 467 g/mol. The summed E-state index contributed by atoms with van der Waals surface area (Å²) in [7, 11) is 0. The van der Waals surface area contributed by atoms with Crippen molar-refractivity contribution >= 4 is 42.8 Å². The topological polar surface area (TPSA) is 64.5 Å². The van der Waals surface area contributed by atoms with Crippen LogP contribution in [0.15, 0.2) is 103 Å². The first-order valence-corrected chi connectivity index (χ1v) is 12.1. The van der Waals surface area contributed by atoms with E-state index in [0.29, 0.717) is 11.5 Å². The first-order chi connectivity index (χ1) is 17.3. The van der Waals surface area contributed by atoms with Crippen LogP contribution in [0.2, 0.25) is 0 Å². The molecule has 0 saturated heterocycles. The van der Waals surface area contributed by atoms with Crippen molar-refractivity contribution in [2.24, 2.45) is 0 Å². The normalized spacial score (nSPS) is 11.4. The molecule has 6 heteroatoms. The Morgan fingerprint density at radius 2 is 1.29 bits per heavy atom. The third-order valence-corrected chi connectivity index (χ3v) is 7.07. The van der Waals surface area contributed by atoms with E-state index in [2.05, 4.69) is 45.5 Å². The molecule has 5 nitrogen and oxygen atoms in total. The Hall–Kier alpha value is -4.55. The van der Waals surface area contributed by atoms with Gasteiger partial charge in [0.25, 0.3) is 0 Å². The molecule has 0 amide bonds. The fourth-order valence-corrected chi connectivity index (χ4v) is 5.45. The number of aromatic nitrogens is 5. The van der Waals surface area contributed by atoms with E-state index in [0.717, 1.165) is 53.8 Å². The summed E-state index contributed by atoms with van der Waals surface area (Å²) in [6, 6.07) is 32.6. The van der Waals surface area contributed by atoms with Crippen molar-refractivity contribution in [3.63, 3.8) is 0 Å². The van der Waals surface area contributed by atoms with E-state index in [4.69, 9.17) is 9.97 Å². The summed E-state index contributed by atoms with van der Waals surface area (Å²) in [4.78, 5) is 15.3. The molecular weight excluding hydrogens is 450 g/mol. The maximum Gasteiger partial charge on any atom is 0.163 e. The van der Waals surface area contributed by atoms with Crippen LogP contribution in [0.25, 0.3) is 65.2 Å². The first-order valence-electron chi connectivity index (χ1n) is 11.3. The summed E-state index contributed by atoms with van der Waals surface area (Å²) in [5, 5.41) is 11.2. The SMILES string of the molecule is c1ccc(-c2ncc3cc4sc5nnc(-c6ccccc6)c(-c6ccccc6)c5c4nc3n2)cc1. The second-order valence-corrected chi connectivity index (χ2v) is 9.28. The van der Waals surface area contributed by atoms with E-state index in [-0.39, 0.29) is 0 Å². The van der Waals surface area contributed by atoms with E-state index in [1.54, 1.807) is 11.3 Å². The van der Waals surface area contributed by atoms with Gasteiger partial charge in [0.2, 0.25) is 0 Å². The third-order valence-electron chi connectivity index (χ3n) is 6.06. The van der Waals surface area contributed by atoms with Crippen molar-refractivity contribution in [2.75, 3.05) is 0 Å². The molecule has 0 N–H and O–H groups in total. The van der Waals surface area contributed by atoms with Crippen LogP contribution < -0.4 is 0 Å². The summed E-state index contributed by atoms with van der Waals surface area (Å²) in [6.07, 6.45) is 1.85. The van der Waals surface area contributed by atoms with Crippen LogP contribution in [0.1, 0.15) is 0 Å². The zero-order valence-corrected chi connectivity index (χ0v) is 19.3. The Bertz CT molecular complexity index is 1830. The minimum absolute atomic E-state index is 0.664. The average molecular weight is 468 g/mol. The minimum atomic E-state index is 0.664. The summed E-state index contributed by atoms with van der Waals surface area (Å²) in [5.74, 6) is 0.664. The zero-order chi connectivity index (χ0) is 23.2. The van der Waals surface area contributed by atoms with Gasteiger partial charge in [-0.2, -0.15) is 0 Å². The number of benzene rings is 3. The molecule has 4 heterocycles. The Balaban J connectivity index is 1.56. The molecule has 7 rings (SSSR count). The molecule has 0 atom stereocenters. The first kappa shape index (κ1) is 19.9. The Kier molecular flexibility index (Phi) is 4.57. The average Bonchev–Trinajstić information content (AvgIpc) is 3.29. The maximum absolute atomic E-state index is 5.06. The third kappa shape index (κ3) is 3.34. The van der Waals surface area contributed by atoms with Crippen molar-refractivity contribution < 1.29 is 0 Å². The van der Waals surface area contributed by atoms with Gasteiger partial charge in [-0.3, -0.25) is 0 Å². The van der Waals surface area contributed by atoms with E-state index in [1.807, 2.05) is 72.9 Å². The molecule has 4 aromatic heterocycles. The van der Waals surface area contributed by atoms with Gasteiger partial charge < -0.3 is 0 Å². The Morgan fingerprint density at radius 1 is 0.629 bits per heavy atom. The highest BCUT2D eigenvalue weighted by molar-refractivity contribution is 7.25. The molecule has 35 heavy (non-hydrogen) atoms. The summed E-state index contributed by atoms with van der Waals surface area (Å²) < 4.78 is 1.04. The molecule has 0 spiro atoms. The molecule has 0 fully saturated rings. The summed E-state index contributed by atoms with van der Waals surface area (Å²) in [5.41, 5.74) is 6.52. The van der Waals surface area contributed by atoms with Crippen LogP contribution in [-0.4, -0.2) is 25.1 Å². The molecule has 7 aromatic rings. The predicted octanol–water partition coefficient (Wildman–Crippen LogP) is 7.18. The summed E-state index contributed by atoms with van der Waals surface area (Å²) in [6.45, 7) is 0. The van der Waals surface area contributed by atoms with Crippen molar-refractivity contribution in [3.05, 3.63) is 103 Å². The smallest absolute Gasteiger partial charge is 0.163 e. The Labute approximate surface area is 204 Å². The lowest BCUT2D eigenvalue weighted by Crippen LogP contribution is -1.95. The van der Waals surface area contributed by atoms with E-state index in [1.165, 1.54) is 0 Å². The number of hydrogen-bond acceptors (Lipinski definition) is 6. The number of pyridine rings is 1. The van der Waals surface area contributed by atoms with Gasteiger partial charge in [-0.15, -0.1) is 21.5 Å². The molecule has 3 aromatic carbocycles. The van der Waals surface area contributed by atoms with Crippen LogP contribution in [-0.2, 0) is 0 Å². The van der Waals surface area contributed by atoms with E-state index >= 15 is 0 Å². The maximum atomic E-state index is 5.06. The molecule has 0 aliphatic carbocycles. The quantitative estimate of drug-likeness (QED) is 0.275. The second kappa shape index (κ2) is 8.04. The number of thiophene rings is 1. The zero-order valence-electron chi connectivity index (χ0n) is 18.5. The van der Waals surface area contributed by atoms with Crippen LogP contribution >= 0.6 is 11.3 Å². The lowest BCUT2D eigenvalue weighted by atomic mass is 9.97. The molecule has 0 radical (unpaired) electrons. The lowest BCUT2D eigenvalue weighted by molar-refractivity contribution is 1.09. The lowest BCUT2D eigenvalue weighted by Gasteiger charge is -2.10. The van der Waals surface area contributed by atoms with Crippen molar-refractivity contribution in [1.82, 2.24) is 25.1 Å². The fourth-order valence-electron chi connectivity index (χ4n) is 4.43. The van der Waals surface area contributed by atoms with Gasteiger partial charge >= 0.3 is 0 Å². The highest BCUT2D eigenvalue weighted by atomic mass is 32.1. The van der Waals surface area contributed by atoms with Crippen molar-refractivity contribution in [3.8, 4) is 33.8 Å². The molecule has 0 saturated carbocycles. The Morgan fingerprint density at radius 3 is 2.00 bits per heavy atom. The number of hydrogen-bond donors (Lipinski definition) is 0. The molecule has 0 aliphatic heterocycles. The number of rotatable bonds is 3. The van der Waals surface area contributed by atoms with Gasteiger partial charge in [-0.1, -0.05) is 91.0 Å². The van der Waals surface area contributed by atoms with Crippen molar-refractivity contribution in [2.45, 2.75) is 0 Å². The van der Waals surface area contributed by atoms with Gasteiger partial charge in [0.15, 0.2) is 11.5 Å². The highest BCUT2D eigenvalue weighted by Crippen LogP contribution is 2.42. The standard InChI is InChI=1S/C29H17N5S/c1-4-10-18(11-5-1)23-24-26-22(35-29(24)34-33-25(23)19-12-6-2-7-13-19)16-21-17-30-27(32-28(21)31-26)20-14-8-3-9-15-20/h1-17H. The largest absolute Gasteiger partial charge is 0.236 e. The number of fused-ring (bicyclic) bond motifs is 4. The minimum Gasteiger partial charge on any atom is -0.236 e. The van der Waals surface area contributed by atoms with Crippen LogP contribution in [0, 0.1) is 0 Å². The van der Waals surface area contributed by atoms with Crippen LogP contribution in [0.4, 0.5) is 0 Å². The number of nitrogens with zero attached hydrogens (tertiary/aromatic N) is 5. The van der Waals surface area contributed by atoms with Gasteiger partial charge in [0.05, 0.1) is 10.2 Å². The molecular formula is C29H17N5S. The van der Waals surface area contributed by atoms with Gasteiger partial charge in [-0.05, 0) is 11.6 Å². The van der Waals surface area contributed by atoms with Gasteiger partial charge in [-0.25, -0.2) is 15.0 Å². The van der Waals surface area contributed by atoms with E-state index in [9.17, 15) is 0 Å². The molecule has 0 unspecified atom stereocenters. The fraction of sp³-hybridized carbons (Fsp3) is 0. The van der Waals surface area contributed by atoms with Gasteiger partial charge in [0.1, 0.15) is 10.5 Å². The van der Waals surface area contributed by atoms with Crippen molar-refractivity contribution in [1.29, 1.82) is 0 Å². The molecule has 164 valence electrons. The van der Waals surface area contributed by atoms with E-state index < -0.39 is 0 Å². The second-order valence-electron chi connectivity index (χ2n) is 8.25. The predicted molar refractivity (Wildman–Crippen MR) is 142 cm³/mol. The van der Waals surface area contributed by atoms with Crippen LogP contribution in [0.5, 0.6) is 0 Å². The molecule has 0 aliphatic rings. The summed E-state index contributed by atoms with van der Waals surface area (Å²) >= 11 is 1.60. The molecule has 0 bridgehead atoms. The van der Waals surface area contributed by atoms with Gasteiger partial charge in [0, 0.05) is 33.7 Å². The highest BCUT2D eigenvalue weighted by Gasteiger charge is 2.20. The van der Waals surface area contributed by atoms with Crippen LogP contribution in [0.3, 0.4) is 0 Å².